The van der Waals surface area contributed by atoms with Gasteiger partial charge >= 0.3 is 0 Å². The van der Waals surface area contributed by atoms with E-state index in [4.69, 9.17) is 11.6 Å². The molecule has 1 N–H and O–H groups in total. The number of hydrogen-bond donors (Lipinski definition) is 1. The Labute approximate surface area is 182 Å². The van der Waals surface area contributed by atoms with Crippen LogP contribution in [-0.4, -0.2) is 18.0 Å². The molecular weight excluding hydrogens is 442 g/mol. The Morgan fingerprint density at radius 3 is 2.63 bits per heavy atom. The largest absolute Gasteiger partial charge is 0.277 e. The lowest BCUT2D eigenvalue weighted by Gasteiger charge is -2.14. The fourth-order valence-electron chi connectivity index (χ4n) is 3.17. The third-order valence-electron chi connectivity index (χ3n) is 4.65. The van der Waals surface area contributed by atoms with Gasteiger partial charge in [-0.2, -0.15) is 0 Å². The molecule has 2 aromatic carbocycles. The Morgan fingerprint density at radius 1 is 1.13 bits per heavy atom. The molecule has 0 amide bonds. The van der Waals surface area contributed by atoms with Gasteiger partial charge in [0.25, 0.3) is 15.6 Å². The van der Waals surface area contributed by atoms with Gasteiger partial charge in [0.2, 0.25) is 0 Å². The van der Waals surface area contributed by atoms with Gasteiger partial charge in [-0.15, -0.1) is 11.3 Å². The zero-order chi connectivity index (χ0) is 21.5. The summed E-state index contributed by atoms with van der Waals surface area (Å²) in [4.78, 5) is 18.5. The highest BCUT2D eigenvalue weighted by Gasteiger charge is 2.19. The summed E-state index contributed by atoms with van der Waals surface area (Å²) in [5.41, 5.74) is 1.04. The molecule has 0 spiro atoms. The monoisotopic (exact) mass is 459 g/mol. The highest BCUT2D eigenvalue weighted by molar-refractivity contribution is 7.94. The zero-order valence-electron chi connectivity index (χ0n) is 16.2. The minimum Gasteiger partial charge on any atom is -0.277 e. The van der Waals surface area contributed by atoms with Crippen LogP contribution in [0.25, 0.3) is 16.6 Å². The smallest absolute Gasteiger partial charge is 0.271 e. The molecule has 0 bridgehead atoms. The van der Waals surface area contributed by atoms with Crippen molar-refractivity contribution >= 4 is 49.6 Å². The van der Waals surface area contributed by atoms with Crippen LogP contribution in [0.2, 0.25) is 5.02 Å². The number of aryl methyl sites for hydroxylation is 2. The second kappa shape index (κ2) is 7.86. The summed E-state index contributed by atoms with van der Waals surface area (Å²) in [6.07, 6.45) is 0.758. The lowest BCUT2D eigenvalue weighted by Crippen LogP contribution is -2.22. The second-order valence-electron chi connectivity index (χ2n) is 6.66. The van der Waals surface area contributed by atoms with Crippen LogP contribution < -0.4 is 10.3 Å². The summed E-state index contributed by atoms with van der Waals surface area (Å²) in [7, 11) is -3.80. The van der Waals surface area contributed by atoms with Crippen molar-refractivity contribution in [3.63, 3.8) is 0 Å². The number of halogens is 1. The Balaban J connectivity index is 1.80. The Morgan fingerprint density at radius 2 is 1.90 bits per heavy atom. The molecule has 4 aromatic rings. The number of fused-ring (bicyclic) bond motifs is 1. The summed E-state index contributed by atoms with van der Waals surface area (Å²) in [6, 6.07) is 15.2. The van der Waals surface area contributed by atoms with Crippen molar-refractivity contribution in [3.05, 3.63) is 80.7 Å². The van der Waals surface area contributed by atoms with Crippen LogP contribution in [0.5, 0.6) is 0 Å². The molecule has 154 valence electrons. The van der Waals surface area contributed by atoms with E-state index < -0.39 is 10.0 Å². The number of aromatic nitrogens is 2. The highest BCUT2D eigenvalue weighted by Crippen LogP contribution is 2.30. The number of rotatable bonds is 5. The van der Waals surface area contributed by atoms with Gasteiger partial charge in [0.05, 0.1) is 27.3 Å². The third-order valence-corrected chi connectivity index (χ3v) is 8.06. The first kappa shape index (κ1) is 20.6. The molecule has 2 heterocycles. The fourth-order valence-corrected chi connectivity index (χ4v) is 5.75. The number of sulfonamides is 1. The molecule has 2 aromatic heterocycles. The molecule has 6 nitrogen and oxygen atoms in total. The Hall–Kier alpha value is -2.68. The van der Waals surface area contributed by atoms with Crippen LogP contribution in [0.15, 0.2) is 63.6 Å². The molecule has 0 atom stereocenters. The number of thiophene rings is 1. The Bertz CT molecular complexity index is 1430. The van der Waals surface area contributed by atoms with Gasteiger partial charge in [-0.25, -0.2) is 13.4 Å². The summed E-state index contributed by atoms with van der Waals surface area (Å²) in [5, 5.41) is 0.708. The van der Waals surface area contributed by atoms with E-state index in [1.54, 1.807) is 55.5 Å². The highest BCUT2D eigenvalue weighted by atomic mass is 35.5. The van der Waals surface area contributed by atoms with Crippen LogP contribution in [0.4, 0.5) is 5.69 Å². The van der Waals surface area contributed by atoms with E-state index in [1.165, 1.54) is 15.9 Å². The van der Waals surface area contributed by atoms with Crippen molar-refractivity contribution in [2.24, 2.45) is 0 Å². The molecule has 4 rings (SSSR count). The van der Waals surface area contributed by atoms with E-state index in [0.717, 1.165) is 11.3 Å². The zero-order valence-corrected chi connectivity index (χ0v) is 18.6. The first-order chi connectivity index (χ1) is 14.3. The topological polar surface area (TPSA) is 81.1 Å². The van der Waals surface area contributed by atoms with Gasteiger partial charge in [0.1, 0.15) is 10.0 Å². The van der Waals surface area contributed by atoms with Crippen LogP contribution in [0.3, 0.4) is 0 Å². The second-order valence-corrected chi connectivity index (χ2v) is 10.1. The van der Waals surface area contributed by atoms with E-state index in [0.29, 0.717) is 22.4 Å². The molecule has 9 heteroatoms. The molecule has 0 saturated heterocycles. The molecular formula is C21H18ClN3O3S2. The summed E-state index contributed by atoms with van der Waals surface area (Å²) in [6.45, 7) is 3.69. The molecule has 0 aliphatic carbocycles. The maximum Gasteiger partial charge on any atom is 0.271 e. The molecule has 0 radical (unpaired) electrons. The maximum atomic E-state index is 13.0. The average molecular weight is 460 g/mol. The van der Waals surface area contributed by atoms with Crippen molar-refractivity contribution in [2.75, 3.05) is 4.72 Å². The first-order valence-electron chi connectivity index (χ1n) is 9.20. The molecule has 0 aliphatic rings. The number of para-hydroxylation sites is 1. The molecule has 0 fully saturated rings. The summed E-state index contributed by atoms with van der Waals surface area (Å²) >= 11 is 7.47. The average Bonchev–Trinajstić information content (AvgIpc) is 3.20. The first-order valence-corrected chi connectivity index (χ1v) is 11.9. The molecule has 30 heavy (non-hydrogen) atoms. The fraction of sp³-hybridized carbons (Fsp3) is 0.143. The molecule has 0 saturated carbocycles. The predicted molar refractivity (Wildman–Crippen MR) is 122 cm³/mol. The summed E-state index contributed by atoms with van der Waals surface area (Å²) in [5.74, 6) is 0.487. The van der Waals surface area contributed by atoms with Gasteiger partial charge in [-0.05, 0) is 55.8 Å². The quantitative estimate of drug-likeness (QED) is 0.466. The van der Waals surface area contributed by atoms with Crippen LogP contribution in [-0.2, 0) is 16.4 Å². The van der Waals surface area contributed by atoms with Gasteiger partial charge in [-0.1, -0.05) is 30.7 Å². The standard InChI is InChI=1S/C21H18ClN3O3S2/c1-3-15-9-11-20(29-15)30(27,28)24-19-12-14(8-10-17(19)22)25-13(2)23-18-7-5-4-6-16(18)21(25)26/h4-12,24H,3H2,1-2H3. The SMILES string of the molecule is CCc1ccc(S(=O)(=O)Nc2cc(-n3c(C)nc4ccccc4c3=O)ccc2Cl)s1. The maximum absolute atomic E-state index is 13.0. The minimum absolute atomic E-state index is 0.195. The Kier molecular flexibility index (Phi) is 5.40. The van der Waals surface area contributed by atoms with Crippen molar-refractivity contribution in [2.45, 2.75) is 24.5 Å². The van der Waals surface area contributed by atoms with Crippen molar-refractivity contribution in [1.29, 1.82) is 0 Å². The van der Waals surface area contributed by atoms with Gasteiger partial charge in [-0.3, -0.25) is 14.1 Å². The molecule has 0 unspecified atom stereocenters. The van der Waals surface area contributed by atoms with Crippen LogP contribution >= 0.6 is 22.9 Å². The lowest BCUT2D eigenvalue weighted by molar-refractivity contribution is 0.603. The van der Waals surface area contributed by atoms with Crippen molar-refractivity contribution in [1.82, 2.24) is 9.55 Å². The third kappa shape index (κ3) is 3.74. The van der Waals surface area contributed by atoms with Crippen molar-refractivity contribution in [3.8, 4) is 5.69 Å². The van der Waals surface area contributed by atoms with Gasteiger partial charge in [0.15, 0.2) is 0 Å². The minimum atomic E-state index is -3.80. The van der Waals surface area contributed by atoms with Crippen molar-refractivity contribution < 1.29 is 8.42 Å². The lowest BCUT2D eigenvalue weighted by atomic mass is 10.2. The number of nitrogens with zero attached hydrogens (tertiary/aromatic N) is 2. The predicted octanol–water partition coefficient (Wildman–Crippen LogP) is 4.77. The van der Waals surface area contributed by atoms with E-state index in [-0.39, 0.29) is 20.5 Å². The summed E-state index contributed by atoms with van der Waals surface area (Å²) < 4.78 is 29.8. The van der Waals surface area contributed by atoms with E-state index >= 15 is 0 Å². The van der Waals surface area contributed by atoms with E-state index in [1.807, 2.05) is 13.0 Å². The normalized spacial score (nSPS) is 11.7. The van der Waals surface area contributed by atoms with Crippen LogP contribution in [0, 0.1) is 6.92 Å². The van der Waals surface area contributed by atoms with Gasteiger partial charge < -0.3 is 0 Å². The van der Waals surface area contributed by atoms with E-state index in [2.05, 4.69) is 9.71 Å². The number of anilines is 1. The van der Waals surface area contributed by atoms with Crippen LogP contribution in [0.1, 0.15) is 17.6 Å². The molecule has 0 aliphatic heterocycles. The number of nitrogens with one attached hydrogen (secondary N) is 1. The number of hydrogen-bond acceptors (Lipinski definition) is 5. The number of benzene rings is 2. The van der Waals surface area contributed by atoms with E-state index in [9.17, 15) is 13.2 Å². The van der Waals surface area contributed by atoms with Gasteiger partial charge in [0, 0.05) is 4.88 Å².